The van der Waals surface area contributed by atoms with Gasteiger partial charge in [0, 0.05) is 6.04 Å². The minimum absolute atomic E-state index is 0.0731. The Balaban J connectivity index is 2.24. The summed E-state index contributed by atoms with van der Waals surface area (Å²) in [7, 11) is -3.96. The summed E-state index contributed by atoms with van der Waals surface area (Å²) in [5.41, 5.74) is 0.832. The van der Waals surface area contributed by atoms with E-state index in [-0.39, 0.29) is 17.4 Å². The number of hydrogen-bond donors (Lipinski definition) is 2. The Hall–Kier alpha value is -2.25. The summed E-state index contributed by atoms with van der Waals surface area (Å²) in [5.74, 6) is -0.923. The maximum atomic E-state index is 13.1. The zero-order valence-corrected chi connectivity index (χ0v) is 15.6. The molecule has 2 rings (SSSR count). The average molecular weight is 378 g/mol. The molecule has 0 aliphatic rings. The molecular formula is C19H23FN2O3S. The van der Waals surface area contributed by atoms with Crippen LogP contribution < -0.4 is 10.0 Å². The molecular weight excluding hydrogens is 355 g/mol. The van der Waals surface area contributed by atoms with Crippen molar-refractivity contribution in [3.8, 4) is 0 Å². The average Bonchev–Trinajstić information content (AvgIpc) is 2.62. The normalized spacial score (nSPS) is 13.8. The summed E-state index contributed by atoms with van der Waals surface area (Å²) in [6.45, 7) is 3.78. The van der Waals surface area contributed by atoms with Crippen LogP contribution in [0, 0.1) is 5.82 Å². The number of hydrogen-bond acceptors (Lipinski definition) is 3. The fraction of sp³-hybridized carbons (Fsp3) is 0.316. The second-order valence-electron chi connectivity index (χ2n) is 6.14. The van der Waals surface area contributed by atoms with E-state index in [1.165, 1.54) is 12.1 Å². The maximum absolute atomic E-state index is 13.1. The molecule has 0 saturated heterocycles. The van der Waals surface area contributed by atoms with E-state index in [1.807, 2.05) is 44.2 Å². The molecule has 0 unspecified atom stereocenters. The number of amides is 1. The maximum Gasteiger partial charge on any atom is 0.241 e. The Labute approximate surface area is 153 Å². The number of nitrogens with one attached hydrogen (secondary N) is 2. The first-order chi connectivity index (χ1) is 12.3. The molecule has 0 spiro atoms. The van der Waals surface area contributed by atoms with E-state index >= 15 is 0 Å². The molecule has 0 aliphatic heterocycles. The molecule has 140 valence electrons. The van der Waals surface area contributed by atoms with Crippen LogP contribution in [0.25, 0.3) is 0 Å². The van der Waals surface area contributed by atoms with Crippen LogP contribution in [0.5, 0.6) is 0 Å². The van der Waals surface area contributed by atoms with Crippen molar-refractivity contribution in [1.29, 1.82) is 0 Å². The zero-order valence-electron chi connectivity index (χ0n) is 14.8. The van der Waals surface area contributed by atoms with Crippen LogP contribution in [-0.2, 0) is 21.2 Å². The van der Waals surface area contributed by atoms with Crippen molar-refractivity contribution in [3.05, 3.63) is 66.0 Å². The Kier molecular flexibility index (Phi) is 6.88. The van der Waals surface area contributed by atoms with Crippen molar-refractivity contribution in [2.24, 2.45) is 0 Å². The van der Waals surface area contributed by atoms with E-state index in [9.17, 15) is 17.6 Å². The lowest BCUT2D eigenvalue weighted by atomic mass is 10.1. The van der Waals surface area contributed by atoms with Gasteiger partial charge >= 0.3 is 0 Å². The predicted molar refractivity (Wildman–Crippen MR) is 98.6 cm³/mol. The van der Waals surface area contributed by atoms with Crippen LogP contribution in [0.4, 0.5) is 4.39 Å². The highest BCUT2D eigenvalue weighted by molar-refractivity contribution is 7.89. The fourth-order valence-corrected chi connectivity index (χ4v) is 3.55. The molecule has 0 aromatic heterocycles. The quantitative estimate of drug-likeness (QED) is 0.741. The zero-order chi connectivity index (χ0) is 19.2. The Morgan fingerprint density at radius 3 is 2.27 bits per heavy atom. The Morgan fingerprint density at radius 2 is 1.69 bits per heavy atom. The van der Waals surface area contributed by atoms with Crippen molar-refractivity contribution >= 4 is 15.9 Å². The third-order valence-corrected chi connectivity index (χ3v) is 5.51. The molecule has 0 saturated carbocycles. The lowest BCUT2D eigenvalue weighted by Gasteiger charge is -2.21. The highest BCUT2D eigenvalue weighted by atomic mass is 32.2. The second-order valence-corrected chi connectivity index (χ2v) is 7.85. The van der Waals surface area contributed by atoms with Gasteiger partial charge in [-0.15, -0.1) is 0 Å². The van der Waals surface area contributed by atoms with Crippen LogP contribution in [0.2, 0.25) is 0 Å². The number of rotatable bonds is 8. The highest BCUT2D eigenvalue weighted by Crippen LogP contribution is 2.12. The Morgan fingerprint density at radius 1 is 1.08 bits per heavy atom. The van der Waals surface area contributed by atoms with Crippen LogP contribution in [0.1, 0.15) is 25.8 Å². The molecule has 2 aromatic carbocycles. The summed E-state index contributed by atoms with van der Waals surface area (Å²) < 4.78 is 40.7. The standard InChI is InChI=1S/C19H23FN2O3S/c1-3-14(2)21-19(23)18(13-15-7-5-4-6-8-15)22-26(24,25)17-11-9-16(20)10-12-17/h4-12,14,18,22H,3,13H2,1-2H3,(H,21,23)/t14-,18-/m0/s1. The van der Waals surface area contributed by atoms with E-state index in [2.05, 4.69) is 10.0 Å². The molecule has 0 heterocycles. The molecule has 2 N–H and O–H groups in total. The van der Waals surface area contributed by atoms with E-state index < -0.39 is 27.8 Å². The minimum Gasteiger partial charge on any atom is -0.352 e. The van der Waals surface area contributed by atoms with Crippen LogP contribution in [0.15, 0.2) is 59.5 Å². The van der Waals surface area contributed by atoms with Gasteiger partial charge in [0.05, 0.1) is 4.90 Å². The van der Waals surface area contributed by atoms with E-state index in [0.29, 0.717) is 0 Å². The molecule has 2 aromatic rings. The number of halogens is 1. The van der Waals surface area contributed by atoms with Gasteiger partial charge in [0.15, 0.2) is 0 Å². The molecule has 1 amide bonds. The topological polar surface area (TPSA) is 75.3 Å². The van der Waals surface area contributed by atoms with Crippen LogP contribution >= 0.6 is 0 Å². The lowest BCUT2D eigenvalue weighted by molar-refractivity contribution is -0.123. The summed E-state index contributed by atoms with van der Waals surface area (Å²) in [6.07, 6.45) is 0.943. The Bertz CT molecular complexity index is 824. The van der Waals surface area contributed by atoms with Crippen molar-refractivity contribution < 1.29 is 17.6 Å². The van der Waals surface area contributed by atoms with Gasteiger partial charge in [-0.25, -0.2) is 12.8 Å². The largest absolute Gasteiger partial charge is 0.352 e. The van der Waals surface area contributed by atoms with E-state index in [1.54, 1.807) is 0 Å². The predicted octanol–water partition coefficient (Wildman–Crippen LogP) is 2.63. The molecule has 26 heavy (non-hydrogen) atoms. The highest BCUT2D eigenvalue weighted by Gasteiger charge is 2.26. The summed E-state index contributed by atoms with van der Waals surface area (Å²) in [6, 6.07) is 12.6. The molecule has 0 bridgehead atoms. The molecule has 0 radical (unpaired) electrons. The van der Waals surface area contributed by atoms with Gasteiger partial charge in [-0.3, -0.25) is 4.79 Å². The number of sulfonamides is 1. The lowest BCUT2D eigenvalue weighted by Crippen LogP contribution is -2.50. The number of carbonyl (C=O) groups is 1. The minimum atomic E-state index is -3.96. The van der Waals surface area contributed by atoms with Gasteiger partial charge in [-0.1, -0.05) is 37.3 Å². The van der Waals surface area contributed by atoms with Crippen molar-refractivity contribution in [2.75, 3.05) is 0 Å². The smallest absolute Gasteiger partial charge is 0.241 e. The monoisotopic (exact) mass is 378 g/mol. The first-order valence-corrected chi connectivity index (χ1v) is 9.92. The van der Waals surface area contributed by atoms with Gasteiger partial charge in [-0.2, -0.15) is 4.72 Å². The summed E-state index contributed by atoms with van der Waals surface area (Å²) in [5, 5.41) is 2.81. The molecule has 5 nitrogen and oxygen atoms in total. The van der Waals surface area contributed by atoms with Gasteiger partial charge in [0.25, 0.3) is 0 Å². The van der Waals surface area contributed by atoms with Gasteiger partial charge in [0.2, 0.25) is 15.9 Å². The van der Waals surface area contributed by atoms with Crippen molar-refractivity contribution in [2.45, 2.75) is 43.7 Å². The summed E-state index contributed by atoms with van der Waals surface area (Å²) >= 11 is 0. The molecule has 0 aliphatic carbocycles. The van der Waals surface area contributed by atoms with E-state index in [0.717, 1.165) is 24.1 Å². The van der Waals surface area contributed by atoms with Gasteiger partial charge < -0.3 is 5.32 Å². The number of benzene rings is 2. The second kappa shape index (κ2) is 8.91. The SMILES string of the molecule is CC[C@H](C)NC(=O)[C@H](Cc1ccccc1)NS(=O)(=O)c1ccc(F)cc1. The van der Waals surface area contributed by atoms with Crippen molar-refractivity contribution in [3.63, 3.8) is 0 Å². The first-order valence-electron chi connectivity index (χ1n) is 8.44. The molecule has 0 fully saturated rings. The molecule has 2 atom stereocenters. The van der Waals surface area contributed by atoms with E-state index in [4.69, 9.17) is 0 Å². The fourth-order valence-electron chi connectivity index (χ4n) is 2.35. The van der Waals surface area contributed by atoms with Crippen molar-refractivity contribution in [1.82, 2.24) is 10.0 Å². The molecule has 7 heteroatoms. The van der Waals surface area contributed by atoms with Crippen LogP contribution in [0.3, 0.4) is 0 Å². The van der Waals surface area contributed by atoms with Gasteiger partial charge in [0.1, 0.15) is 11.9 Å². The van der Waals surface area contributed by atoms with Gasteiger partial charge in [-0.05, 0) is 49.6 Å². The van der Waals surface area contributed by atoms with Crippen LogP contribution in [-0.4, -0.2) is 26.4 Å². The summed E-state index contributed by atoms with van der Waals surface area (Å²) in [4.78, 5) is 12.5. The third-order valence-electron chi connectivity index (χ3n) is 4.02. The third kappa shape index (κ3) is 5.64. The number of carbonyl (C=O) groups excluding carboxylic acids is 1. The first kappa shape index (κ1) is 20.1.